The van der Waals surface area contributed by atoms with Gasteiger partial charge in [0, 0.05) is 49.0 Å². The number of allylic oxidation sites excluding steroid dienone is 1. The molecule has 0 heterocycles. The number of aliphatic hydroxyl groups excluding tert-OH is 2. The van der Waals surface area contributed by atoms with Gasteiger partial charge in [-0.3, -0.25) is 19.3 Å². The minimum Gasteiger partial charge on any atom is -0.508 e. The molecule has 1 aromatic rings. The van der Waals surface area contributed by atoms with E-state index in [9.17, 15) is 29.7 Å². The number of primary amides is 1. The number of hydrogen-bond acceptors (Lipinski definition) is 9. The number of ketones is 2. The van der Waals surface area contributed by atoms with Gasteiger partial charge in [0.05, 0.1) is 6.04 Å². The van der Waals surface area contributed by atoms with Gasteiger partial charge in [0.2, 0.25) is 5.78 Å². The SMILES string of the molecule is CN(C)c1cc2c(c3c1C[C@H]1C[C@H]4[C@H](N(C)C)C(=O)C(C(N)=O)=C(O)[C@@]4(O)C(=O)C1=C3O)CC(N)=C2. The third kappa shape index (κ3) is 2.94. The van der Waals surface area contributed by atoms with E-state index in [1.54, 1.807) is 14.1 Å². The van der Waals surface area contributed by atoms with Crippen molar-refractivity contribution in [2.45, 2.75) is 30.9 Å². The van der Waals surface area contributed by atoms with Gasteiger partial charge in [0.1, 0.15) is 17.1 Å². The highest BCUT2D eigenvalue weighted by Crippen LogP contribution is 2.53. The molecule has 0 aromatic heterocycles. The highest BCUT2D eigenvalue weighted by Gasteiger charge is 2.64. The van der Waals surface area contributed by atoms with Crippen LogP contribution in [0.25, 0.3) is 11.8 Å². The van der Waals surface area contributed by atoms with Gasteiger partial charge in [0.25, 0.3) is 5.91 Å². The van der Waals surface area contributed by atoms with Gasteiger partial charge in [-0.05, 0) is 61.7 Å². The molecule has 10 nitrogen and oxygen atoms in total. The van der Waals surface area contributed by atoms with E-state index >= 15 is 0 Å². The number of nitrogens with zero attached hydrogens (tertiary/aromatic N) is 2. The Morgan fingerprint density at radius 3 is 2.39 bits per heavy atom. The summed E-state index contributed by atoms with van der Waals surface area (Å²) in [5.74, 6) is -5.78. The molecule has 4 atom stereocenters. The number of carbonyl (C=O) groups is 3. The van der Waals surface area contributed by atoms with Crippen molar-refractivity contribution in [2.75, 3.05) is 33.1 Å². The minimum atomic E-state index is -2.58. The van der Waals surface area contributed by atoms with Crippen LogP contribution in [0, 0.1) is 11.8 Å². The van der Waals surface area contributed by atoms with Crippen LogP contribution in [0.3, 0.4) is 0 Å². The Hall–Kier alpha value is -3.63. The molecule has 10 heteroatoms. The van der Waals surface area contributed by atoms with Crippen LogP contribution in [0.2, 0.25) is 0 Å². The van der Waals surface area contributed by atoms with Crippen molar-refractivity contribution in [1.29, 1.82) is 0 Å². The lowest BCUT2D eigenvalue weighted by molar-refractivity contribution is -0.153. The van der Waals surface area contributed by atoms with Gasteiger partial charge in [-0.2, -0.15) is 0 Å². The number of hydrogen-bond donors (Lipinski definition) is 5. The van der Waals surface area contributed by atoms with Gasteiger partial charge in [-0.25, -0.2) is 0 Å². The van der Waals surface area contributed by atoms with Crippen LogP contribution in [-0.2, 0) is 27.2 Å². The van der Waals surface area contributed by atoms with E-state index < -0.39 is 52.3 Å². The second-order valence-corrected chi connectivity index (χ2v) is 10.6. The molecule has 7 N–H and O–H groups in total. The van der Waals surface area contributed by atoms with Gasteiger partial charge in [-0.15, -0.1) is 0 Å². The van der Waals surface area contributed by atoms with Gasteiger partial charge in [0.15, 0.2) is 11.4 Å². The van der Waals surface area contributed by atoms with E-state index in [4.69, 9.17) is 11.5 Å². The molecule has 4 aliphatic carbocycles. The number of rotatable bonds is 3. The monoisotopic (exact) mass is 494 g/mol. The third-order valence-corrected chi connectivity index (χ3v) is 8.07. The number of Topliss-reactive ketones (excluding diaryl/α,β-unsaturated/α-hetero) is 2. The average molecular weight is 495 g/mol. The Morgan fingerprint density at radius 2 is 1.81 bits per heavy atom. The molecule has 36 heavy (non-hydrogen) atoms. The first-order valence-electron chi connectivity index (χ1n) is 11.8. The highest BCUT2D eigenvalue weighted by atomic mass is 16.3. The number of anilines is 1. The van der Waals surface area contributed by atoms with Crippen molar-refractivity contribution >= 4 is 35.0 Å². The molecule has 1 fully saturated rings. The fourth-order valence-corrected chi connectivity index (χ4v) is 6.57. The Bertz CT molecular complexity index is 1350. The predicted octanol–water partition coefficient (Wildman–Crippen LogP) is 0.180. The minimum absolute atomic E-state index is 0.0212. The molecule has 1 saturated carbocycles. The van der Waals surface area contributed by atoms with Crippen molar-refractivity contribution in [3.05, 3.63) is 50.9 Å². The van der Waals surface area contributed by atoms with Crippen molar-refractivity contribution in [3.63, 3.8) is 0 Å². The van der Waals surface area contributed by atoms with Crippen LogP contribution in [-0.4, -0.2) is 77.5 Å². The molecule has 4 aliphatic rings. The van der Waals surface area contributed by atoms with Crippen molar-refractivity contribution in [2.24, 2.45) is 23.3 Å². The largest absolute Gasteiger partial charge is 0.508 e. The molecule has 190 valence electrons. The van der Waals surface area contributed by atoms with Crippen LogP contribution < -0.4 is 16.4 Å². The zero-order chi connectivity index (χ0) is 26.4. The molecule has 0 bridgehead atoms. The van der Waals surface area contributed by atoms with E-state index in [2.05, 4.69) is 0 Å². The summed E-state index contributed by atoms with van der Waals surface area (Å²) < 4.78 is 0. The molecule has 1 amide bonds. The maximum atomic E-state index is 14.0. The summed E-state index contributed by atoms with van der Waals surface area (Å²) >= 11 is 0. The highest BCUT2D eigenvalue weighted by molar-refractivity contribution is 6.24. The second-order valence-electron chi connectivity index (χ2n) is 10.6. The quantitative estimate of drug-likeness (QED) is 0.368. The smallest absolute Gasteiger partial charge is 0.255 e. The topological polar surface area (TPSA) is 170 Å². The zero-order valence-electron chi connectivity index (χ0n) is 20.6. The molecule has 5 rings (SSSR count). The number of carbonyl (C=O) groups excluding carboxylic acids is 3. The first kappa shape index (κ1) is 24.1. The molecule has 0 radical (unpaired) electrons. The maximum absolute atomic E-state index is 14.0. The molecule has 0 spiro atoms. The van der Waals surface area contributed by atoms with Crippen molar-refractivity contribution < 1.29 is 29.7 Å². The first-order chi connectivity index (χ1) is 16.8. The zero-order valence-corrected chi connectivity index (χ0v) is 20.6. The van der Waals surface area contributed by atoms with Crippen LogP contribution in [0.5, 0.6) is 0 Å². The van der Waals surface area contributed by atoms with Crippen molar-refractivity contribution in [1.82, 2.24) is 4.90 Å². The summed E-state index contributed by atoms with van der Waals surface area (Å²) in [5.41, 5.74) is 12.6. The van der Waals surface area contributed by atoms with Crippen LogP contribution in [0.4, 0.5) is 5.69 Å². The van der Waals surface area contributed by atoms with E-state index in [0.29, 0.717) is 24.1 Å². The molecule has 0 aliphatic heterocycles. The lowest BCUT2D eigenvalue weighted by atomic mass is 9.57. The third-order valence-electron chi connectivity index (χ3n) is 8.07. The molecule has 1 aromatic carbocycles. The Labute approximate surface area is 208 Å². The van der Waals surface area contributed by atoms with Crippen molar-refractivity contribution in [3.8, 4) is 0 Å². The average Bonchev–Trinajstić information content (AvgIpc) is 3.14. The predicted molar refractivity (Wildman–Crippen MR) is 133 cm³/mol. The van der Waals surface area contributed by atoms with E-state index in [0.717, 1.165) is 22.4 Å². The van der Waals surface area contributed by atoms with Crippen LogP contribution in [0.1, 0.15) is 28.7 Å². The van der Waals surface area contributed by atoms with E-state index in [1.807, 2.05) is 31.1 Å². The van der Waals surface area contributed by atoms with Gasteiger partial charge < -0.3 is 31.7 Å². The van der Waals surface area contributed by atoms with Crippen LogP contribution >= 0.6 is 0 Å². The standard InChI is InChI=1S/C26H30N4O6/c1-29(2)16-8-10-5-12(27)9-13(10)18-14(16)6-11-7-15-20(30(3)4)22(32)19(25(28)35)24(34)26(15,36)23(33)17(11)21(18)31/h5,8,11,15,20,31,34,36H,6-7,9,27H2,1-4H3,(H2,28,35)/t11-,15-,20-,26-/m0/s1. The van der Waals surface area contributed by atoms with E-state index in [-0.39, 0.29) is 17.8 Å². The maximum Gasteiger partial charge on any atom is 0.255 e. The fraction of sp³-hybridized carbons (Fsp3) is 0.423. The summed E-state index contributed by atoms with van der Waals surface area (Å²) in [7, 11) is 6.97. The van der Waals surface area contributed by atoms with Gasteiger partial charge >= 0.3 is 0 Å². The lowest BCUT2D eigenvalue weighted by Gasteiger charge is -2.50. The number of nitrogens with two attached hydrogens (primary N) is 2. The summed E-state index contributed by atoms with van der Waals surface area (Å²) in [6, 6.07) is 0.938. The van der Waals surface area contributed by atoms with E-state index in [1.165, 1.54) is 4.90 Å². The summed E-state index contributed by atoms with van der Waals surface area (Å²) in [6.07, 6.45) is 2.75. The first-order valence-corrected chi connectivity index (χ1v) is 11.8. The molecule has 0 unspecified atom stereocenters. The Kier molecular flexibility index (Phi) is 5.14. The Morgan fingerprint density at radius 1 is 1.14 bits per heavy atom. The number of likely N-dealkylation sites (N-methyl/N-ethyl adjacent to an activating group) is 1. The van der Waals surface area contributed by atoms with Gasteiger partial charge in [-0.1, -0.05) is 0 Å². The summed E-state index contributed by atoms with van der Waals surface area (Å²) in [4.78, 5) is 42.7. The van der Waals surface area contributed by atoms with Crippen LogP contribution in [0.15, 0.2) is 28.7 Å². The molecule has 0 saturated heterocycles. The summed E-state index contributed by atoms with van der Waals surface area (Å²) in [6.45, 7) is 0. The Balaban J connectivity index is 1.77. The molecular formula is C26H30N4O6. The lowest BCUT2D eigenvalue weighted by Crippen LogP contribution is -2.65. The number of amides is 1. The number of aliphatic hydroxyl groups is 3. The number of fused-ring (bicyclic) bond motifs is 5. The number of benzene rings is 1. The molecular weight excluding hydrogens is 464 g/mol. The second kappa shape index (κ2) is 7.68. The summed E-state index contributed by atoms with van der Waals surface area (Å²) in [5, 5.41) is 34.3. The normalized spacial score (nSPS) is 29.1. The fourth-order valence-electron chi connectivity index (χ4n) is 6.57.